The van der Waals surface area contributed by atoms with E-state index in [2.05, 4.69) is 5.32 Å². The van der Waals surface area contributed by atoms with E-state index in [1.165, 1.54) is 12.8 Å². The highest BCUT2D eigenvalue weighted by atomic mass is 16.5. The van der Waals surface area contributed by atoms with Crippen LogP contribution >= 0.6 is 0 Å². The summed E-state index contributed by atoms with van der Waals surface area (Å²) in [5.41, 5.74) is -0.0920. The molecule has 3 rings (SSSR count). The first-order valence-corrected chi connectivity index (χ1v) is 7.03. The van der Waals surface area contributed by atoms with Crippen LogP contribution in [-0.2, 0) is 9.53 Å². The van der Waals surface area contributed by atoms with E-state index in [-0.39, 0.29) is 30.6 Å². The molecule has 106 valence electrons. The van der Waals surface area contributed by atoms with Gasteiger partial charge in [0, 0.05) is 13.2 Å². The molecular formula is C13H20N2O4. The quantitative estimate of drug-likeness (QED) is 0.791. The van der Waals surface area contributed by atoms with Gasteiger partial charge in [-0.1, -0.05) is 0 Å². The maximum absolute atomic E-state index is 12.1. The summed E-state index contributed by atoms with van der Waals surface area (Å²) in [7, 11) is 0. The van der Waals surface area contributed by atoms with Crippen molar-refractivity contribution in [2.24, 2.45) is 5.92 Å². The number of carbonyl (C=O) groups excluding carboxylic acids is 1. The molecule has 0 aromatic heterocycles. The molecule has 2 amide bonds. The number of aliphatic carboxylic acids is 1. The second-order valence-electron chi connectivity index (χ2n) is 5.80. The second-order valence-corrected chi connectivity index (χ2v) is 5.80. The molecule has 1 spiro atoms. The SMILES string of the molecule is O=C(O)CCNC(=O)N1CC2(CCCO2)C1C1CC1. The average molecular weight is 268 g/mol. The fraction of sp³-hybridized carbons (Fsp3) is 0.846. The molecular weight excluding hydrogens is 248 g/mol. The summed E-state index contributed by atoms with van der Waals surface area (Å²) in [6, 6.07) is 0.0686. The number of carbonyl (C=O) groups is 2. The summed E-state index contributed by atoms with van der Waals surface area (Å²) in [5.74, 6) is -0.310. The van der Waals surface area contributed by atoms with Crippen molar-refractivity contribution in [3.8, 4) is 0 Å². The van der Waals surface area contributed by atoms with Crippen LogP contribution in [-0.4, -0.2) is 53.3 Å². The Morgan fingerprint density at radius 3 is 2.79 bits per heavy atom. The lowest BCUT2D eigenvalue weighted by Crippen LogP contribution is -2.73. The molecule has 2 atom stereocenters. The van der Waals surface area contributed by atoms with E-state index in [0.717, 1.165) is 19.4 Å². The number of carboxylic acid groups (broad SMARTS) is 1. The predicted molar refractivity (Wildman–Crippen MR) is 66.8 cm³/mol. The van der Waals surface area contributed by atoms with E-state index < -0.39 is 5.97 Å². The zero-order chi connectivity index (χ0) is 13.5. The van der Waals surface area contributed by atoms with Gasteiger partial charge in [-0.05, 0) is 31.6 Å². The van der Waals surface area contributed by atoms with Crippen molar-refractivity contribution < 1.29 is 19.4 Å². The molecule has 6 heteroatoms. The van der Waals surface area contributed by atoms with Gasteiger partial charge in [-0.15, -0.1) is 0 Å². The highest BCUT2D eigenvalue weighted by molar-refractivity contribution is 5.77. The summed E-state index contributed by atoms with van der Waals surface area (Å²) >= 11 is 0. The van der Waals surface area contributed by atoms with Crippen molar-refractivity contribution in [2.45, 2.75) is 43.7 Å². The van der Waals surface area contributed by atoms with Gasteiger partial charge in [0.15, 0.2) is 0 Å². The molecule has 2 heterocycles. The fourth-order valence-electron chi connectivity index (χ4n) is 3.40. The van der Waals surface area contributed by atoms with Gasteiger partial charge in [0.05, 0.1) is 19.0 Å². The van der Waals surface area contributed by atoms with E-state index in [1.54, 1.807) is 0 Å². The largest absolute Gasteiger partial charge is 0.481 e. The number of nitrogens with zero attached hydrogens (tertiary/aromatic N) is 1. The van der Waals surface area contributed by atoms with Gasteiger partial charge in [-0.2, -0.15) is 0 Å². The van der Waals surface area contributed by atoms with Gasteiger partial charge in [-0.25, -0.2) is 4.79 Å². The minimum absolute atomic E-state index is 0.0324. The number of likely N-dealkylation sites (tertiary alicyclic amines) is 1. The summed E-state index contributed by atoms with van der Waals surface area (Å²) in [6.07, 6.45) is 4.45. The number of amides is 2. The first-order valence-electron chi connectivity index (χ1n) is 7.03. The Hall–Kier alpha value is -1.30. The Morgan fingerprint density at radius 2 is 2.21 bits per heavy atom. The Labute approximate surface area is 112 Å². The van der Waals surface area contributed by atoms with E-state index in [4.69, 9.17) is 9.84 Å². The number of urea groups is 1. The monoisotopic (exact) mass is 268 g/mol. The molecule has 1 aliphatic carbocycles. The van der Waals surface area contributed by atoms with Gasteiger partial charge in [-0.3, -0.25) is 4.79 Å². The number of carboxylic acids is 1. The number of hydrogen-bond donors (Lipinski definition) is 2. The van der Waals surface area contributed by atoms with Crippen LogP contribution in [0.1, 0.15) is 32.1 Å². The van der Waals surface area contributed by atoms with Crippen LogP contribution in [0, 0.1) is 5.92 Å². The minimum atomic E-state index is -0.891. The van der Waals surface area contributed by atoms with Crippen molar-refractivity contribution in [3.63, 3.8) is 0 Å². The normalized spacial score (nSPS) is 33.3. The Morgan fingerprint density at radius 1 is 1.42 bits per heavy atom. The number of nitrogens with one attached hydrogen (secondary N) is 1. The lowest BCUT2D eigenvalue weighted by molar-refractivity contribution is -0.147. The van der Waals surface area contributed by atoms with Crippen LogP contribution in [0.3, 0.4) is 0 Å². The summed E-state index contributed by atoms with van der Waals surface area (Å²) in [6.45, 7) is 1.65. The lowest BCUT2D eigenvalue weighted by Gasteiger charge is -2.55. The molecule has 3 fully saturated rings. The molecule has 2 unspecified atom stereocenters. The molecule has 0 aromatic rings. The van der Waals surface area contributed by atoms with Crippen molar-refractivity contribution in [1.82, 2.24) is 10.2 Å². The Kier molecular flexibility index (Phi) is 3.12. The maximum atomic E-state index is 12.1. The first-order chi connectivity index (χ1) is 9.12. The summed E-state index contributed by atoms with van der Waals surface area (Å²) < 4.78 is 5.90. The van der Waals surface area contributed by atoms with Crippen LogP contribution < -0.4 is 5.32 Å². The Bertz CT molecular complexity index is 388. The maximum Gasteiger partial charge on any atom is 0.317 e. The van der Waals surface area contributed by atoms with Crippen molar-refractivity contribution in [2.75, 3.05) is 19.7 Å². The van der Waals surface area contributed by atoms with Gasteiger partial charge in [0.2, 0.25) is 0 Å². The fourth-order valence-corrected chi connectivity index (χ4v) is 3.40. The summed E-state index contributed by atoms with van der Waals surface area (Å²) in [5, 5.41) is 11.3. The van der Waals surface area contributed by atoms with E-state index in [1.807, 2.05) is 4.90 Å². The van der Waals surface area contributed by atoms with Crippen molar-refractivity contribution in [3.05, 3.63) is 0 Å². The smallest absolute Gasteiger partial charge is 0.317 e. The molecule has 0 radical (unpaired) electrons. The van der Waals surface area contributed by atoms with Gasteiger partial charge >= 0.3 is 12.0 Å². The van der Waals surface area contributed by atoms with Crippen LogP contribution in [0.5, 0.6) is 0 Å². The minimum Gasteiger partial charge on any atom is -0.481 e. The molecule has 1 saturated carbocycles. The molecule has 3 aliphatic rings. The molecule has 2 aliphatic heterocycles. The molecule has 6 nitrogen and oxygen atoms in total. The zero-order valence-electron chi connectivity index (χ0n) is 10.9. The first kappa shape index (κ1) is 12.7. The molecule has 19 heavy (non-hydrogen) atoms. The number of hydrogen-bond acceptors (Lipinski definition) is 3. The standard InChI is InChI=1S/C13H20N2O4/c16-10(17)4-6-14-12(18)15-8-13(5-1-7-19-13)11(15)9-2-3-9/h9,11H,1-8H2,(H,14,18)(H,16,17). The van der Waals surface area contributed by atoms with Crippen LogP contribution in [0.2, 0.25) is 0 Å². The molecule has 0 bridgehead atoms. The second kappa shape index (κ2) is 4.67. The van der Waals surface area contributed by atoms with Crippen LogP contribution in [0.15, 0.2) is 0 Å². The molecule has 0 aromatic carbocycles. The predicted octanol–water partition coefficient (Wildman–Crippen LogP) is 0.814. The third-order valence-corrected chi connectivity index (χ3v) is 4.39. The number of ether oxygens (including phenoxy) is 1. The van der Waals surface area contributed by atoms with Crippen LogP contribution in [0.4, 0.5) is 4.79 Å². The third kappa shape index (κ3) is 2.29. The van der Waals surface area contributed by atoms with Gasteiger partial charge < -0.3 is 20.1 Å². The van der Waals surface area contributed by atoms with Crippen LogP contribution in [0.25, 0.3) is 0 Å². The number of rotatable bonds is 4. The lowest BCUT2D eigenvalue weighted by atomic mass is 9.78. The van der Waals surface area contributed by atoms with E-state index in [0.29, 0.717) is 12.5 Å². The summed E-state index contributed by atoms with van der Waals surface area (Å²) in [4.78, 5) is 24.3. The van der Waals surface area contributed by atoms with E-state index >= 15 is 0 Å². The van der Waals surface area contributed by atoms with Gasteiger partial charge in [0.25, 0.3) is 0 Å². The third-order valence-electron chi connectivity index (χ3n) is 4.39. The highest BCUT2D eigenvalue weighted by Gasteiger charge is 2.61. The highest BCUT2D eigenvalue weighted by Crippen LogP contribution is 2.51. The Balaban J connectivity index is 1.56. The van der Waals surface area contributed by atoms with E-state index in [9.17, 15) is 9.59 Å². The molecule has 2 saturated heterocycles. The van der Waals surface area contributed by atoms with Crippen molar-refractivity contribution >= 4 is 12.0 Å². The average Bonchev–Trinajstić information content (AvgIpc) is 3.01. The van der Waals surface area contributed by atoms with Crippen molar-refractivity contribution in [1.29, 1.82) is 0 Å². The molecule has 2 N–H and O–H groups in total. The van der Waals surface area contributed by atoms with Gasteiger partial charge in [0.1, 0.15) is 5.60 Å². The zero-order valence-corrected chi connectivity index (χ0v) is 10.9. The topological polar surface area (TPSA) is 78.9 Å².